The molecular formula is C16H35NO4. The first-order valence-electron chi connectivity index (χ1n) is 8.21. The van der Waals surface area contributed by atoms with Crippen molar-refractivity contribution in [3.8, 4) is 0 Å². The molecule has 0 bridgehead atoms. The summed E-state index contributed by atoms with van der Waals surface area (Å²) in [5.41, 5.74) is 0.277. The third-order valence-corrected chi connectivity index (χ3v) is 3.95. The van der Waals surface area contributed by atoms with Gasteiger partial charge in [0.25, 0.3) is 0 Å². The Labute approximate surface area is 130 Å². The summed E-state index contributed by atoms with van der Waals surface area (Å²) in [5, 5.41) is 3.62. The van der Waals surface area contributed by atoms with E-state index in [-0.39, 0.29) is 5.54 Å². The van der Waals surface area contributed by atoms with Gasteiger partial charge in [0, 0.05) is 19.2 Å². The molecule has 0 amide bonds. The van der Waals surface area contributed by atoms with Crippen molar-refractivity contribution in [1.29, 1.82) is 0 Å². The quantitative estimate of drug-likeness (QED) is 0.443. The fraction of sp³-hybridized carbons (Fsp3) is 1.00. The molecular weight excluding hydrogens is 270 g/mol. The van der Waals surface area contributed by atoms with E-state index in [1.165, 1.54) is 0 Å². The van der Waals surface area contributed by atoms with E-state index in [9.17, 15) is 0 Å². The first kappa shape index (κ1) is 20.8. The maximum absolute atomic E-state index is 5.56. The van der Waals surface area contributed by atoms with E-state index >= 15 is 0 Å². The molecule has 0 aliphatic heterocycles. The predicted molar refractivity (Wildman–Crippen MR) is 85.9 cm³/mol. The lowest BCUT2D eigenvalue weighted by Crippen LogP contribution is -2.45. The van der Waals surface area contributed by atoms with Crippen molar-refractivity contribution in [3.05, 3.63) is 0 Å². The van der Waals surface area contributed by atoms with Gasteiger partial charge in [0.1, 0.15) is 0 Å². The van der Waals surface area contributed by atoms with Gasteiger partial charge in [-0.05, 0) is 19.3 Å². The smallest absolute Gasteiger partial charge is 0.0701 e. The van der Waals surface area contributed by atoms with Gasteiger partial charge in [-0.3, -0.25) is 0 Å². The second kappa shape index (κ2) is 14.7. The minimum Gasteiger partial charge on any atom is -0.382 e. The van der Waals surface area contributed by atoms with Crippen molar-refractivity contribution >= 4 is 0 Å². The molecule has 0 saturated carbocycles. The Kier molecular flexibility index (Phi) is 14.6. The Morgan fingerprint density at radius 1 is 0.667 bits per heavy atom. The lowest BCUT2D eigenvalue weighted by atomic mass is 9.90. The standard InChI is InChI=1S/C16H35NO4/c1-5-16(6-2,7-3)17-8-9-19-12-13-21-15-14-20-11-10-18-4/h17H,5-15H2,1-4H3. The minimum atomic E-state index is 0.277. The zero-order valence-electron chi connectivity index (χ0n) is 14.4. The van der Waals surface area contributed by atoms with E-state index in [0.29, 0.717) is 39.6 Å². The van der Waals surface area contributed by atoms with Gasteiger partial charge in [0.05, 0.1) is 46.2 Å². The fourth-order valence-corrected chi connectivity index (χ4v) is 2.20. The second-order valence-corrected chi connectivity index (χ2v) is 5.10. The van der Waals surface area contributed by atoms with Crippen molar-refractivity contribution in [2.24, 2.45) is 0 Å². The highest BCUT2D eigenvalue weighted by Crippen LogP contribution is 2.18. The Morgan fingerprint density at radius 2 is 1.10 bits per heavy atom. The summed E-state index contributed by atoms with van der Waals surface area (Å²) in [6.07, 6.45) is 3.48. The van der Waals surface area contributed by atoms with E-state index in [1.54, 1.807) is 7.11 Å². The molecule has 0 rings (SSSR count). The maximum Gasteiger partial charge on any atom is 0.0701 e. The molecule has 5 nitrogen and oxygen atoms in total. The zero-order chi connectivity index (χ0) is 15.8. The van der Waals surface area contributed by atoms with E-state index in [2.05, 4.69) is 26.1 Å². The average Bonchev–Trinajstić information content (AvgIpc) is 2.53. The number of rotatable bonds is 16. The summed E-state index contributed by atoms with van der Waals surface area (Å²) >= 11 is 0. The largest absolute Gasteiger partial charge is 0.382 e. The van der Waals surface area contributed by atoms with Crippen molar-refractivity contribution in [1.82, 2.24) is 5.32 Å². The summed E-state index contributed by atoms with van der Waals surface area (Å²) in [4.78, 5) is 0. The first-order chi connectivity index (χ1) is 10.2. The minimum absolute atomic E-state index is 0.277. The van der Waals surface area contributed by atoms with E-state index < -0.39 is 0 Å². The van der Waals surface area contributed by atoms with Crippen LogP contribution in [0.2, 0.25) is 0 Å². The molecule has 0 aliphatic rings. The molecule has 0 unspecified atom stereocenters. The van der Waals surface area contributed by atoms with Crippen LogP contribution in [0.3, 0.4) is 0 Å². The van der Waals surface area contributed by atoms with Crippen molar-refractivity contribution in [2.75, 3.05) is 59.9 Å². The van der Waals surface area contributed by atoms with E-state index in [1.807, 2.05) is 0 Å². The van der Waals surface area contributed by atoms with Crippen LogP contribution in [0.15, 0.2) is 0 Å². The van der Waals surface area contributed by atoms with E-state index in [0.717, 1.165) is 32.4 Å². The SMILES string of the molecule is CCC(CC)(CC)NCCOCCOCCOCCOC. The van der Waals surface area contributed by atoms with Crippen molar-refractivity contribution in [3.63, 3.8) is 0 Å². The van der Waals surface area contributed by atoms with Gasteiger partial charge in [-0.15, -0.1) is 0 Å². The van der Waals surface area contributed by atoms with Crippen LogP contribution < -0.4 is 5.32 Å². The zero-order valence-corrected chi connectivity index (χ0v) is 14.4. The van der Waals surface area contributed by atoms with Crippen LogP contribution in [0.5, 0.6) is 0 Å². The number of ether oxygens (including phenoxy) is 4. The second-order valence-electron chi connectivity index (χ2n) is 5.10. The molecule has 0 aromatic carbocycles. The molecule has 0 radical (unpaired) electrons. The summed E-state index contributed by atoms with van der Waals surface area (Å²) < 4.78 is 21.1. The number of hydrogen-bond acceptors (Lipinski definition) is 5. The van der Waals surface area contributed by atoms with E-state index in [4.69, 9.17) is 18.9 Å². The molecule has 0 heterocycles. The fourth-order valence-electron chi connectivity index (χ4n) is 2.20. The highest BCUT2D eigenvalue weighted by Gasteiger charge is 2.21. The molecule has 0 aromatic rings. The lowest BCUT2D eigenvalue weighted by molar-refractivity contribution is 0.00344. The number of hydrogen-bond donors (Lipinski definition) is 1. The predicted octanol–water partition coefficient (Wildman–Crippen LogP) is 2.24. The third-order valence-electron chi connectivity index (χ3n) is 3.95. The Bertz CT molecular complexity index is 202. The molecule has 128 valence electrons. The lowest BCUT2D eigenvalue weighted by Gasteiger charge is -2.32. The highest BCUT2D eigenvalue weighted by molar-refractivity contribution is 4.83. The van der Waals surface area contributed by atoms with Gasteiger partial charge in [-0.1, -0.05) is 20.8 Å². The number of nitrogens with one attached hydrogen (secondary N) is 1. The molecule has 5 heteroatoms. The van der Waals surface area contributed by atoms with Gasteiger partial charge >= 0.3 is 0 Å². The normalized spacial score (nSPS) is 12.0. The summed E-state index contributed by atoms with van der Waals surface area (Å²) in [7, 11) is 1.66. The molecule has 21 heavy (non-hydrogen) atoms. The van der Waals surface area contributed by atoms with Gasteiger partial charge in [0.15, 0.2) is 0 Å². The Morgan fingerprint density at radius 3 is 1.52 bits per heavy atom. The van der Waals surface area contributed by atoms with Gasteiger partial charge in [0.2, 0.25) is 0 Å². The van der Waals surface area contributed by atoms with Gasteiger partial charge < -0.3 is 24.3 Å². The average molecular weight is 305 g/mol. The molecule has 0 spiro atoms. The summed E-state index contributed by atoms with van der Waals surface area (Å²) in [5.74, 6) is 0. The highest BCUT2D eigenvalue weighted by atomic mass is 16.6. The van der Waals surface area contributed by atoms with Crippen LogP contribution in [0.4, 0.5) is 0 Å². The molecule has 0 saturated heterocycles. The number of methoxy groups -OCH3 is 1. The van der Waals surface area contributed by atoms with Crippen LogP contribution >= 0.6 is 0 Å². The van der Waals surface area contributed by atoms with Gasteiger partial charge in [-0.25, -0.2) is 0 Å². The van der Waals surface area contributed by atoms with Crippen LogP contribution in [-0.2, 0) is 18.9 Å². The molecule has 0 aliphatic carbocycles. The van der Waals surface area contributed by atoms with Crippen LogP contribution in [0, 0.1) is 0 Å². The van der Waals surface area contributed by atoms with Crippen LogP contribution in [-0.4, -0.2) is 65.4 Å². The molecule has 0 aromatic heterocycles. The summed E-state index contributed by atoms with van der Waals surface area (Å²) in [6.45, 7) is 12.1. The molecule has 1 N–H and O–H groups in total. The monoisotopic (exact) mass is 305 g/mol. The van der Waals surface area contributed by atoms with Gasteiger partial charge in [-0.2, -0.15) is 0 Å². The van der Waals surface area contributed by atoms with Crippen LogP contribution in [0.1, 0.15) is 40.0 Å². The molecule has 0 fully saturated rings. The van der Waals surface area contributed by atoms with Crippen molar-refractivity contribution in [2.45, 2.75) is 45.6 Å². The molecule has 0 atom stereocenters. The van der Waals surface area contributed by atoms with Crippen LogP contribution in [0.25, 0.3) is 0 Å². The Hall–Kier alpha value is -0.200. The third kappa shape index (κ3) is 11.1. The summed E-state index contributed by atoms with van der Waals surface area (Å²) in [6, 6.07) is 0. The first-order valence-corrected chi connectivity index (χ1v) is 8.21. The maximum atomic E-state index is 5.56. The topological polar surface area (TPSA) is 49.0 Å². The van der Waals surface area contributed by atoms with Crippen molar-refractivity contribution < 1.29 is 18.9 Å². The Balaban J connectivity index is 3.29.